The summed E-state index contributed by atoms with van der Waals surface area (Å²) in [5.41, 5.74) is 1.72. The topological polar surface area (TPSA) is 40.5 Å². The normalized spacial score (nSPS) is 22.9. The van der Waals surface area contributed by atoms with Crippen molar-refractivity contribution in [3.63, 3.8) is 0 Å². The first-order chi connectivity index (χ1) is 8.47. The number of hydrogen-bond acceptors (Lipinski definition) is 2. The lowest BCUT2D eigenvalue weighted by atomic mass is 9.79. The number of nitrogens with zero attached hydrogens (tertiary/aromatic N) is 1. The maximum atomic E-state index is 13.1. The van der Waals surface area contributed by atoms with Crippen molar-refractivity contribution >= 4 is 5.97 Å². The molecule has 2 rings (SSSR count). The Kier molecular flexibility index (Phi) is 3.66. The molecule has 0 spiro atoms. The maximum Gasteiger partial charge on any atom is 0.306 e. The van der Waals surface area contributed by atoms with Gasteiger partial charge in [-0.05, 0) is 44.0 Å². The van der Waals surface area contributed by atoms with Crippen molar-refractivity contribution in [3.8, 4) is 0 Å². The van der Waals surface area contributed by atoms with Crippen molar-refractivity contribution in [2.75, 3.05) is 7.05 Å². The molecule has 1 aliphatic carbocycles. The molecule has 18 heavy (non-hydrogen) atoms. The molecule has 0 aromatic heterocycles. The van der Waals surface area contributed by atoms with Gasteiger partial charge in [-0.1, -0.05) is 12.1 Å². The number of hydrogen-bond donors (Lipinski definition) is 1. The highest BCUT2D eigenvalue weighted by Crippen LogP contribution is 2.32. The van der Waals surface area contributed by atoms with Gasteiger partial charge in [0.2, 0.25) is 0 Å². The van der Waals surface area contributed by atoms with E-state index in [1.165, 1.54) is 6.07 Å². The number of carbonyl (C=O) groups is 1. The molecule has 1 aliphatic rings. The van der Waals surface area contributed by atoms with E-state index in [1.54, 1.807) is 13.0 Å². The Morgan fingerprint density at radius 3 is 2.72 bits per heavy atom. The number of halogens is 1. The van der Waals surface area contributed by atoms with E-state index in [4.69, 9.17) is 5.11 Å². The summed E-state index contributed by atoms with van der Waals surface area (Å²) in [6.07, 6.45) is 1.43. The highest BCUT2D eigenvalue weighted by Gasteiger charge is 2.36. The Hall–Kier alpha value is -1.42. The fourth-order valence-electron chi connectivity index (χ4n) is 2.37. The minimum atomic E-state index is -0.697. The van der Waals surface area contributed by atoms with E-state index in [0.717, 1.165) is 12.1 Å². The second-order valence-corrected chi connectivity index (χ2v) is 5.16. The van der Waals surface area contributed by atoms with Crippen LogP contribution in [0, 0.1) is 18.7 Å². The average Bonchev–Trinajstić information content (AvgIpc) is 2.20. The van der Waals surface area contributed by atoms with Crippen LogP contribution in [0.5, 0.6) is 0 Å². The maximum absolute atomic E-state index is 13.1. The van der Waals surface area contributed by atoms with Gasteiger partial charge in [0.1, 0.15) is 5.82 Å². The number of carboxylic acids is 1. The van der Waals surface area contributed by atoms with E-state index >= 15 is 0 Å². The quantitative estimate of drug-likeness (QED) is 0.893. The number of rotatable bonds is 4. The summed E-state index contributed by atoms with van der Waals surface area (Å²) in [6, 6.07) is 5.45. The fraction of sp³-hybridized carbons (Fsp3) is 0.500. The Bertz CT molecular complexity index is 455. The van der Waals surface area contributed by atoms with Gasteiger partial charge in [-0.15, -0.1) is 0 Å². The summed E-state index contributed by atoms with van der Waals surface area (Å²) >= 11 is 0. The number of benzene rings is 1. The third-order valence-electron chi connectivity index (χ3n) is 3.74. The minimum absolute atomic E-state index is 0.184. The molecule has 3 nitrogen and oxygen atoms in total. The molecule has 98 valence electrons. The zero-order valence-corrected chi connectivity index (χ0v) is 10.7. The second-order valence-electron chi connectivity index (χ2n) is 5.16. The van der Waals surface area contributed by atoms with Crippen LogP contribution in [0.15, 0.2) is 18.2 Å². The molecule has 1 fully saturated rings. The Labute approximate surface area is 106 Å². The molecular formula is C14H18FNO2. The van der Waals surface area contributed by atoms with Crippen molar-refractivity contribution in [2.24, 2.45) is 5.92 Å². The van der Waals surface area contributed by atoms with Crippen LogP contribution in [-0.2, 0) is 11.3 Å². The van der Waals surface area contributed by atoms with Crippen LogP contribution in [0.2, 0.25) is 0 Å². The molecule has 0 bridgehead atoms. The lowest BCUT2D eigenvalue weighted by molar-refractivity contribution is -0.146. The van der Waals surface area contributed by atoms with Crippen molar-refractivity contribution in [3.05, 3.63) is 35.1 Å². The summed E-state index contributed by atoms with van der Waals surface area (Å²) in [4.78, 5) is 12.9. The molecule has 1 aromatic rings. The summed E-state index contributed by atoms with van der Waals surface area (Å²) in [7, 11) is 1.99. The molecule has 0 amide bonds. The van der Waals surface area contributed by atoms with E-state index in [2.05, 4.69) is 4.90 Å². The third-order valence-corrected chi connectivity index (χ3v) is 3.74. The molecule has 1 saturated carbocycles. The molecule has 4 heteroatoms. The fourth-order valence-corrected chi connectivity index (χ4v) is 2.37. The predicted molar refractivity (Wildman–Crippen MR) is 66.8 cm³/mol. The second kappa shape index (κ2) is 5.06. The Morgan fingerprint density at radius 2 is 2.17 bits per heavy atom. The summed E-state index contributed by atoms with van der Waals surface area (Å²) < 4.78 is 13.1. The number of carboxylic acid groups (broad SMARTS) is 1. The van der Waals surface area contributed by atoms with Crippen LogP contribution in [0.3, 0.4) is 0 Å². The van der Waals surface area contributed by atoms with E-state index in [0.29, 0.717) is 24.4 Å². The summed E-state index contributed by atoms with van der Waals surface area (Å²) in [6.45, 7) is 2.49. The van der Waals surface area contributed by atoms with Crippen LogP contribution < -0.4 is 0 Å². The first-order valence-electron chi connectivity index (χ1n) is 6.15. The molecule has 0 saturated heterocycles. The molecule has 1 aromatic carbocycles. The molecule has 0 aliphatic heterocycles. The van der Waals surface area contributed by atoms with Gasteiger partial charge < -0.3 is 5.11 Å². The first kappa shape index (κ1) is 13.0. The van der Waals surface area contributed by atoms with Crippen LogP contribution in [0.25, 0.3) is 0 Å². The standard InChI is InChI=1S/C14H18FNO2/c1-9-5-10(3-4-13(9)15)8-16(2)12-6-11(7-12)14(17)18/h3-5,11-12H,6-8H2,1-2H3,(H,17,18). The summed E-state index contributed by atoms with van der Waals surface area (Å²) in [5.74, 6) is -1.07. The van der Waals surface area contributed by atoms with Crippen LogP contribution in [-0.4, -0.2) is 29.1 Å². The highest BCUT2D eigenvalue weighted by atomic mass is 19.1. The van der Waals surface area contributed by atoms with Crippen LogP contribution in [0.1, 0.15) is 24.0 Å². The SMILES string of the molecule is Cc1cc(CN(C)C2CC(C(=O)O)C2)ccc1F. The third kappa shape index (κ3) is 2.70. The van der Waals surface area contributed by atoms with Gasteiger partial charge in [-0.25, -0.2) is 4.39 Å². The smallest absolute Gasteiger partial charge is 0.306 e. The van der Waals surface area contributed by atoms with Gasteiger partial charge in [0.25, 0.3) is 0 Å². The Balaban J connectivity index is 1.90. The number of aliphatic carboxylic acids is 1. The van der Waals surface area contributed by atoms with E-state index < -0.39 is 5.97 Å². The predicted octanol–water partition coefficient (Wildman–Crippen LogP) is 2.43. The Morgan fingerprint density at radius 1 is 1.50 bits per heavy atom. The van der Waals surface area contributed by atoms with Crippen molar-refractivity contribution in [1.29, 1.82) is 0 Å². The average molecular weight is 251 g/mol. The zero-order chi connectivity index (χ0) is 13.3. The lowest BCUT2D eigenvalue weighted by Gasteiger charge is -2.39. The van der Waals surface area contributed by atoms with E-state index in [-0.39, 0.29) is 11.7 Å². The molecule has 0 atom stereocenters. The molecule has 0 heterocycles. The van der Waals surface area contributed by atoms with Crippen LogP contribution >= 0.6 is 0 Å². The minimum Gasteiger partial charge on any atom is -0.481 e. The largest absolute Gasteiger partial charge is 0.481 e. The van der Waals surface area contributed by atoms with Gasteiger partial charge in [0.15, 0.2) is 0 Å². The van der Waals surface area contributed by atoms with Gasteiger partial charge in [0, 0.05) is 12.6 Å². The first-order valence-corrected chi connectivity index (χ1v) is 6.15. The van der Waals surface area contributed by atoms with Gasteiger partial charge in [0.05, 0.1) is 5.92 Å². The van der Waals surface area contributed by atoms with E-state index in [1.807, 2.05) is 13.1 Å². The van der Waals surface area contributed by atoms with Crippen molar-refractivity contribution in [2.45, 2.75) is 32.4 Å². The van der Waals surface area contributed by atoms with Gasteiger partial charge >= 0.3 is 5.97 Å². The van der Waals surface area contributed by atoms with Crippen molar-refractivity contribution in [1.82, 2.24) is 4.90 Å². The molecular weight excluding hydrogens is 233 g/mol. The number of aryl methyl sites for hydroxylation is 1. The molecule has 1 N–H and O–H groups in total. The van der Waals surface area contributed by atoms with Crippen LogP contribution in [0.4, 0.5) is 4.39 Å². The molecule has 0 radical (unpaired) electrons. The van der Waals surface area contributed by atoms with Gasteiger partial charge in [-0.2, -0.15) is 0 Å². The van der Waals surface area contributed by atoms with Gasteiger partial charge in [-0.3, -0.25) is 9.69 Å². The summed E-state index contributed by atoms with van der Waals surface area (Å²) in [5, 5.41) is 8.83. The highest BCUT2D eigenvalue weighted by molar-refractivity contribution is 5.71. The zero-order valence-electron chi connectivity index (χ0n) is 10.7. The lowest BCUT2D eigenvalue weighted by Crippen LogP contribution is -2.44. The van der Waals surface area contributed by atoms with E-state index in [9.17, 15) is 9.18 Å². The van der Waals surface area contributed by atoms with Crippen molar-refractivity contribution < 1.29 is 14.3 Å². The molecule has 0 unspecified atom stereocenters. The monoisotopic (exact) mass is 251 g/mol.